The molecule has 38 heavy (non-hydrogen) atoms. The van der Waals surface area contributed by atoms with Crippen molar-refractivity contribution in [1.82, 2.24) is 15.2 Å². The second-order valence-corrected chi connectivity index (χ2v) is 11.9. The van der Waals surface area contributed by atoms with E-state index in [1.54, 1.807) is 0 Å². The van der Waals surface area contributed by atoms with Gasteiger partial charge in [-0.15, -0.1) is 0 Å². The molecule has 5 rings (SSSR count). The smallest absolute Gasteiger partial charge is 0.293 e. The zero-order chi connectivity index (χ0) is 26.9. The Balaban J connectivity index is 1.51. The fourth-order valence-electron chi connectivity index (χ4n) is 6.11. The fraction of sp³-hybridized carbons (Fsp3) is 0.581. The van der Waals surface area contributed by atoms with Gasteiger partial charge in [0.05, 0.1) is 5.56 Å². The summed E-state index contributed by atoms with van der Waals surface area (Å²) < 4.78 is 7.33. The molecule has 0 bridgehead atoms. The second-order valence-electron chi connectivity index (χ2n) is 11.9. The molecule has 3 fully saturated rings. The third kappa shape index (κ3) is 5.52. The molecule has 2 aromatic rings. The number of nitrogens with zero attached hydrogens (tertiary/aromatic N) is 1. The molecule has 0 aliphatic heterocycles. The lowest BCUT2D eigenvalue weighted by Crippen LogP contribution is -2.47. The largest absolute Gasteiger partial charge is 0.464 e. The van der Waals surface area contributed by atoms with Crippen molar-refractivity contribution in [2.75, 3.05) is 6.54 Å². The highest BCUT2D eigenvalue weighted by atomic mass is 16.5. The minimum Gasteiger partial charge on any atom is -0.464 e. The van der Waals surface area contributed by atoms with Crippen molar-refractivity contribution in [3.63, 3.8) is 0 Å². The molecule has 3 aliphatic carbocycles. The van der Waals surface area contributed by atoms with Gasteiger partial charge in [0, 0.05) is 48.9 Å². The highest BCUT2D eigenvalue weighted by Gasteiger charge is 2.40. The van der Waals surface area contributed by atoms with Crippen molar-refractivity contribution in [3.05, 3.63) is 46.6 Å². The molecular formula is C31H41N3O4. The first-order valence-corrected chi connectivity index (χ1v) is 14.4. The van der Waals surface area contributed by atoms with Gasteiger partial charge in [-0.2, -0.15) is 0 Å². The van der Waals surface area contributed by atoms with Gasteiger partial charge in [0.2, 0.25) is 0 Å². The van der Waals surface area contributed by atoms with Gasteiger partial charge >= 0.3 is 0 Å². The molecule has 0 spiro atoms. The molecule has 3 saturated carbocycles. The number of nitrogens with one attached hydrogen (secondary N) is 2. The number of carbonyl (C=O) groups is 3. The number of hydrogen-bond acceptors (Lipinski definition) is 4. The molecule has 0 radical (unpaired) electrons. The Morgan fingerprint density at radius 1 is 1.08 bits per heavy atom. The lowest BCUT2D eigenvalue weighted by molar-refractivity contribution is -0.138. The summed E-state index contributed by atoms with van der Waals surface area (Å²) in [6.45, 7) is 8.18. The Kier molecular flexibility index (Phi) is 7.64. The van der Waals surface area contributed by atoms with Crippen LogP contribution in [0.3, 0.4) is 0 Å². The van der Waals surface area contributed by atoms with Crippen LogP contribution in [0, 0.1) is 12.8 Å². The first-order valence-electron chi connectivity index (χ1n) is 14.4. The van der Waals surface area contributed by atoms with E-state index in [0.29, 0.717) is 42.9 Å². The maximum absolute atomic E-state index is 13.4. The van der Waals surface area contributed by atoms with Crippen LogP contribution in [0.4, 0.5) is 0 Å². The summed E-state index contributed by atoms with van der Waals surface area (Å²) in [4.78, 5) is 36.9. The van der Waals surface area contributed by atoms with E-state index in [-0.39, 0.29) is 29.4 Å². The average Bonchev–Trinajstić information content (AvgIpc) is 3.57. The van der Waals surface area contributed by atoms with E-state index in [1.807, 2.05) is 32.0 Å². The highest BCUT2D eigenvalue weighted by molar-refractivity contribution is 5.98. The van der Waals surface area contributed by atoms with E-state index in [9.17, 15) is 14.4 Å². The number of rotatable bonds is 10. The Labute approximate surface area is 225 Å². The molecule has 204 valence electrons. The van der Waals surface area contributed by atoms with Crippen LogP contribution in [0.25, 0.3) is 11.3 Å². The summed E-state index contributed by atoms with van der Waals surface area (Å²) in [6, 6.07) is 8.30. The normalized spacial score (nSPS) is 22.3. The van der Waals surface area contributed by atoms with Gasteiger partial charge in [-0.1, -0.05) is 26.2 Å². The van der Waals surface area contributed by atoms with E-state index in [0.717, 1.165) is 36.3 Å². The number of ether oxygens (including phenoxy) is 1. The summed E-state index contributed by atoms with van der Waals surface area (Å²) in [5.41, 5.74) is 5.63. The van der Waals surface area contributed by atoms with Gasteiger partial charge in [0.1, 0.15) is 6.10 Å². The van der Waals surface area contributed by atoms with Crippen LogP contribution < -0.4 is 10.6 Å². The van der Waals surface area contributed by atoms with Crippen LogP contribution >= 0.6 is 0 Å². The third-order valence-corrected chi connectivity index (χ3v) is 8.98. The lowest BCUT2D eigenvalue weighted by Gasteiger charge is -2.34. The summed E-state index contributed by atoms with van der Waals surface area (Å²) in [5.74, 6) is 0.441. The van der Waals surface area contributed by atoms with Crippen molar-refractivity contribution < 1.29 is 19.1 Å². The molecule has 2 N–H and O–H groups in total. The number of carbonyl (C=O) groups excluding carboxylic acids is 3. The lowest BCUT2D eigenvalue weighted by atomic mass is 9.89. The molecule has 1 aromatic carbocycles. The number of aromatic nitrogens is 1. The summed E-state index contributed by atoms with van der Waals surface area (Å²) >= 11 is 0. The number of hydrogen-bond donors (Lipinski definition) is 2. The molecule has 1 aromatic heterocycles. The Morgan fingerprint density at radius 3 is 2.47 bits per heavy atom. The average molecular weight is 520 g/mol. The molecule has 3 aliphatic rings. The van der Waals surface area contributed by atoms with E-state index < -0.39 is 0 Å². The molecule has 2 amide bonds. The highest BCUT2D eigenvalue weighted by Crippen LogP contribution is 2.48. The second kappa shape index (κ2) is 11.0. The van der Waals surface area contributed by atoms with Crippen molar-refractivity contribution >= 4 is 18.3 Å². The van der Waals surface area contributed by atoms with E-state index in [1.165, 1.54) is 37.7 Å². The van der Waals surface area contributed by atoms with Crippen LogP contribution in [0.2, 0.25) is 0 Å². The van der Waals surface area contributed by atoms with Gasteiger partial charge in [-0.25, -0.2) is 0 Å². The molecule has 1 heterocycles. The molecule has 0 saturated heterocycles. The first kappa shape index (κ1) is 26.5. The monoisotopic (exact) mass is 519 g/mol. The fourth-order valence-corrected chi connectivity index (χ4v) is 6.11. The predicted octanol–water partition coefficient (Wildman–Crippen LogP) is 5.28. The first-order chi connectivity index (χ1) is 18.3. The van der Waals surface area contributed by atoms with Crippen LogP contribution in [-0.2, 0) is 21.5 Å². The van der Waals surface area contributed by atoms with E-state index in [2.05, 4.69) is 28.2 Å². The third-order valence-electron chi connectivity index (χ3n) is 8.98. The van der Waals surface area contributed by atoms with Crippen LogP contribution in [-0.4, -0.2) is 41.5 Å². The Hall–Kier alpha value is -3.09. The number of amides is 2. The SMILES string of the molecule is CCNC(=O)c1cc(-c2cc(C(=O)N[C@H]3C[C@H](OC=O)C3)c(C)n2CC2CCCCC2)cc(C2(C)CC2)c1. The predicted molar refractivity (Wildman–Crippen MR) is 147 cm³/mol. The van der Waals surface area contributed by atoms with Crippen LogP contribution in [0.5, 0.6) is 0 Å². The van der Waals surface area contributed by atoms with Gasteiger partial charge < -0.3 is 19.9 Å². The maximum Gasteiger partial charge on any atom is 0.293 e. The van der Waals surface area contributed by atoms with E-state index in [4.69, 9.17) is 4.74 Å². The summed E-state index contributed by atoms with van der Waals surface area (Å²) in [5, 5.41) is 6.10. The summed E-state index contributed by atoms with van der Waals surface area (Å²) in [6.07, 6.45) is 9.67. The van der Waals surface area contributed by atoms with E-state index >= 15 is 0 Å². The van der Waals surface area contributed by atoms with Gasteiger partial charge in [0.15, 0.2) is 0 Å². The van der Waals surface area contributed by atoms with Crippen LogP contribution in [0.1, 0.15) is 104 Å². The maximum atomic E-state index is 13.4. The molecule has 7 heteroatoms. The Morgan fingerprint density at radius 2 is 1.82 bits per heavy atom. The zero-order valence-corrected chi connectivity index (χ0v) is 23.0. The minimum absolute atomic E-state index is 0.0134. The topological polar surface area (TPSA) is 89.4 Å². The Bertz CT molecular complexity index is 1200. The van der Waals surface area contributed by atoms with Crippen molar-refractivity contribution in [2.24, 2.45) is 5.92 Å². The summed E-state index contributed by atoms with van der Waals surface area (Å²) in [7, 11) is 0. The van der Waals surface area contributed by atoms with Crippen molar-refractivity contribution in [1.29, 1.82) is 0 Å². The quantitative estimate of drug-likeness (QED) is 0.418. The minimum atomic E-state index is -0.107. The molecule has 0 atom stereocenters. The van der Waals surface area contributed by atoms with Gasteiger partial charge in [-0.3, -0.25) is 14.4 Å². The molecular weight excluding hydrogens is 478 g/mol. The number of benzene rings is 1. The van der Waals surface area contributed by atoms with Crippen molar-refractivity contribution in [2.45, 2.75) is 103 Å². The van der Waals surface area contributed by atoms with Gasteiger partial charge in [0.25, 0.3) is 18.3 Å². The van der Waals surface area contributed by atoms with Gasteiger partial charge in [-0.05, 0) is 86.3 Å². The molecule has 0 unspecified atom stereocenters. The molecule has 7 nitrogen and oxygen atoms in total. The zero-order valence-electron chi connectivity index (χ0n) is 23.0. The van der Waals surface area contributed by atoms with Crippen LogP contribution in [0.15, 0.2) is 24.3 Å². The van der Waals surface area contributed by atoms with Crippen molar-refractivity contribution in [3.8, 4) is 11.3 Å². The standard InChI is InChI=1S/C31H41N3O4/c1-4-32-29(36)23-12-22(13-24(14-23)31(3)10-11-31)28-17-27(30(37)33-25-15-26(16-25)38-19-35)20(2)34(28)18-21-8-6-5-7-9-21/h12-14,17,19,21,25-26H,4-11,15-16,18H2,1-3H3,(H,32,36)(H,33,37)/t25-,26-.